The summed E-state index contributed by atoms with van der Waals surface area (Å²) in [6.07, 6.45) is 0.365. The third-order valence-corrected chi connectivity index (χ3v) is 2.66. The van der Waals surface area contributed by atoms with Crippen molar-refractivity contribution in [2.24, 2.45) is 0 Å². The summed E-state index contributed by atoms with van der Waals surface area (Å²) in [6, 6.07) is 0. The van der Waals surface area contributed by atoms with E-state index in [2.05, 4.69) is 5.32 Å². The van der Waals surface area contributed by atoms with Gasteiger partial charge in [-0.1, -0.05) is 0 Å². The lowest BCUT2D eigenvalue weighted by Gasteiger charge is -2.24. The van der Waals surface area contributed by atoms with E-state index in [0.29, 0.717) is 13.0 Å². The number of hydrogen-bond donors (Lipinski definition) is 1. The maximum atomic E-state index is 11.4. The van der Waals surface area contributed by atoms with Crippen LogP contribution in [0.3, 0.4) is 0 Å². The van der Waals surface area contributed by atoms with Crippen molar-refractivity contribution >= 4 is 14.3 Å². The number of carbonyl (C=O) groups excluding carboxylic acids is 1. The molecule has 0 spiro atoms. The molecular formula is C9H19NO3Si. The van der Waals surface area contributed by atoms with Crippen molar-refractivity contribution in [1.82, 2.24) is 5.32 Å². The lowest BCUT2D eigenvalue weighted by Crippen LogP contribution is -2.41. The quantitative estimate of drug-likeness (QED) is 0.708. The van der Waals surface area contributed by atoms with Crippen LogP contribution in [0.15, 0.2) is 0 Å². The molecule has 1 fully saturated rings. The standard InChI is InChI=1S/C9H19NO3Si/c1-14(2,3)13-9(11)6-8-7-10-4-5-12-8/h8,10H,4-7H2,1-3H3. The van der Waals surface area contributed by atoms with Crippen LogP contribution in [0.4, 0.5) is 0 Å². The molecular weight excluding hydrogens is 198 g/mol. The SMILES string of the molecule is C[Si](C)(C)OC(=O)CC1CNCCO1. The summed E-state index contributed by atoms with van der Waals surface area (Å²) >= 11 is 0. The first kappa shape index (κ1) is 11.7. The van der Waals surface area contributed by atoms with Gasteiger partial charge in [0.05, 0.1) is 19.1 Å². The normalized spacial score (nSPS) is 23.2. The van der Waals surface area contributed by atoms with Gasteiger partial charge in [-0.3, -0.25) is 4.79 Å². The van der Waals surface area contributed by atoms with Crippen LogP contribution in [0.1, 0.15) is 6.42 Å². The van der Waals surface area contributed by atoms with E-state index in [9.17, 15) is 4.79 Å². The Hall–Kier alpha value is -0.393. The Morgan fingerprint density at radius 3 is 2.79 bits per heavy atom. The van der Waals surface area contributed by atoms with E-state index in [0.717, 1.165) is 13.1 Å². The summed E-state index contributed by atoms with van der Waals surface area (Å²) in [5.41, 5.74) is 0. The largest absolute Gasteiger partial charge is 0.520 e. The topological polar surface area (TPSA) is 47.6 Å². The van der Waals surface area contributed by atoms with Crippen LogP contribution < -0.4 is 5.32 Å². The molecule has 82 valence electrons. The lowest BCUT2D eigenvalue weighted by molar-refractivity contribution is -0.138. The van der Waals surface area contributed by atoms with Gasteiger partial charge in [-0.15, -0.1) is 0 Å². The van der Waals surface area contributed by atoms with E-state index in [1.165, 1.54) is 0 Å². The maximum absolute atomic E-state index is 11.4. The Balaban J connectivity index is 2.25. The minimum absolute atomic E-state index is 0.00685. The minimum Gasteiger partial charge on any atom is -0.520 e. The second-order valence-electron chi connectivity index (χ2n) is 4.49. The molecule has 0 aromatic rings. The summed E-state index contributed by atoms with van der Waals surface area (Å²) in [5, 5.41) is 3.18. The van der Waals surface area contributed by atoms with Gasteiger partial charge in [0.1, 0.15) is 0 Å². The van der Waals surface area contributed by atoms with E-state index in [1.807, 2.05) is 19.6 Å². The van der Waals surface area contributed by atoms with Crippen molar-refractivity contribution < 1.29 is 14.0 Å². The number of rotatable bonds is 3. The third-order valence-electron chi connectivity index (χ3n) is 1.82. The lowest BCUT2D eigenvalue weighted by atomic mass is 10.2. The van der Waals surface area contributed by atoms with Crippen LogP contribution in [0.5, 0.6) is 0 Å². The highest BCUT2D eigenvalue weighted by molar-refractivity contribution is 6.71. The van der Waals surface area contributed by atoms with Crippen molar-refractivity contribution in [3.05, 3.63) is 0 Å². The number of nitrogens with one attached hydrogen (secondary N) is 1. The molecule has 14 heavy (non-hydrogen) atoms. The number of hydrogen-bond acceptors (Lipinski definition) is 4. The molecule has 0 amide bonds. The molecule has 4 nitrogen and oxygen atoms in total. The van der Waals surface area contributed by atoms with Crippen molar-refractivity contribution in [2.75, 3.05) is 19.7 Å². The molecule has 0 bridgehead atoms. The van der Waals surface area contributed by atoms with Crippen LogP contribution in [0.2, 0.25) is 19.6 Å². The zero-order valence-electron chi connectivity index (χ0n) is 9.13. The molecule has 1 rings (SSSR count). The Morgan fingerprint density at radius 1 is 1.57 bits per heavy atom. The van der Waals surface area contributed by atoms with Gasteiger partial charge in [0.2, 0.25) is 8.32 Å². The average Bonchev–Trinajstić information content (AvgIpc) is 2.02. The number of carbonyl (C=O) groups is 1. The first-order chi connectivity index (χ1) is 6.47. The average molecular weight is 217 g/mol. The minimum atomic E-state index is -1.73. The van der Waals surface area contributed by atoms with Gasteiger partial charge in [0, 0.05) is 13.1 Å². The van der Waals surface area contributed by atoms with E-state index < -0.39 is 8.32 Å². The van der Waals surface area contributed by atoms with E-state index >= 15 is 0 Å². The van der Waals surface area contributed by atoms with Crippen LogP contribution in [-0.2, 0) is 14.0 Å². The molecule has 1 aliphatic rings. The van der Waals surface area contributed by atoms with Crippen LogP contribution >= 0.6 is 0 Å². The van der Waals surface area contributed by atoms with Gasteiger partial charge in [-0.05, 0) is 19.6 Å². The highest BCUT2D eigenvalue weighted by atomic mass is 28.4. The van der Waals surface area contributed by atoms with Gasteiger partial charge in [-0.2, -0.15) is 0 Å². The van der Waals surface area contributed by atoms with Crippen LogP contribution in [0, 0.1) is 0 Å². The van der Waals surface area contributed by atoms with E-state index in [4.69, 9.17) is 9.16 Å². The Kier molecular flexibility index (Phi) is 4.09. The Bertz CT molecular complexity index is 197. The monoisotopic (exact) mass is 217 g/mol. The number of ether oxygens (including phenoxy) is 1. The van der Waals surface area contributed by atoms with Crippen molar-refractivity contribution in [1.29, 1.82) is 0 Å². The molecule has 1 unspecified atom stereocenters. The van der Waals surface area contributed by atoms with Gasteiger partial charge < -0.3 is 14.5 Å². The van der Waals surface area contributed by atoms with Crippen LogP contribution in [0.25, 0.3) is 0 Å². The molecule has 0 saturated carbocycles. The molecule has 1 N–H and O–H groups in total. The molecule has 1 aliphatic heterocycles. The molecule has 1 heterocycles. The van der Waals surface area contributed by atoms with Crippen molar-refractivity contribution in [3.8, 4) is 0 Å². The smallest absolute Gasteiger partial charge is 0.295 e. The predicted molar refractivity (Wildman–Crippen MR) is 56.7 cm³/mol. The summed E-state index contributed by atoms with van der Waals surface area (Å²) in [7, 11) is -1.73. The molecule has 0 aliphatic carbocycles. The van der Waals surface area contributed by atoms with Crippen LogP contribution in [-0.4, -0.2) is 40.1 Å². The Morgan fingerprint density at radius 2 is 2.29 bits per heavy atom. The highest BCUT2D eigenvalue weighted by Crippen LogP contribution is 2.08. The summed E-state index contributed by atoms with van der Waals surface area (Å²) in [4.78, 5) is 11.4. The molecule has 0 radical (unpaired) electrons. The third kappa shape index (κ3) is 4.73. The summed E-state index contributed by atoms with van der Waals surface area (Å²) < 4.78 is 10.7. The van der Waals surface area contributed by atoms with Gasteiger partial charge >= 0.3 is 0 Å². The molecule has 5 heteroatoms. The molecule has 0 aromatic carbocycles. The Labute approximate surface area is 86.1 Å². The van der Waals surface area contributed by atoms with Gasteiger partial charge in [0.15, 0.2) is 0 Å². The fraction of sp³-hybridized carbons (Fsp3) is 0.889. The second kappa shape index (κ2) is 4.91. The zero-order valence-corrected chi connectivity index (χ0v) is 10.1. The van der Waals surface area contributed by atoms with E-state index in [1.54, 1.807) is 0 Å². The highest BCUT2D eigenvalue weighted by Gasteiger charge is 2.23. The molecule has 1 saturated heterocycles. The molecule has 0 aromatic heterocycles. The summed E-state index contributed by atoms with van der Waals surface area (Å²) in [6.45, 7) is 8.33. The zero-order chi connectivity index (χ0) is 10.6. The van der Waals surface area contributed by atoms with Gasteiger partial charge in [0.25, 0.3) is 5.97 Å². The molecule has 1 atom stereocenters. The first-order valence-electron chi connectivity index (χ1n) is 5.01. The fourth-order valence-electron chi connectivity index (χ4n) is 1.32. The first-order valence-corrected chi connectivity index (χ1v) is 8.42. The van der Waals surface area contributed by atoms with Crippen molar-refractivity contribution in [3.63, 3.8) is 0 Å². The maximum Gasteiger partial charge on any atom is 0.295 e. The fourth-order valence-corrected chi connectivity index (χ4v) is 2.09. The number of morpholine rings is 1. The predicted octanol–water partition coefficient (Wildman–Crippen LogP) is 0.743. The van der Waals surface area contributed by atoms with Crippen molar-refractivity contribution in [2.45, 2.75) is 32.2 Å². The summed E-state index contributed by atoms with van der Waals surface area (Å²) in [5.74, 6) is -0.127. The second-order valence-corrected chi connectivity index (χ2v) is 8.92. The van der Waals surface area contributed by atoms with Gasteiger partial charge in [-0.25, -0.2) is 0 Å². The van der Waals surface area contributed by atoms with E-state index in [-0.39, 0.29) is 12.1 Å².